The van der Waals surface area contributed by atoms with Gasteiger partial charge >= 0.3 is 0 Å². The Kier molecular flexibility index (Phi) is 4.91. The average molecular weight is 268 g/mol. The quantitative estimate of drug-likeness (QED) is 0.489. The summed E-state index contributed by atoms with van der Waals surface area (Å²) >= 11 is 0. The Bertz CT molecular complexity index is 339. The van der Waals surface area contributed by atoms with E-state index in [1.807, 2.05) is 0 Å². The molecule has 0 radical (unpaired) electrons. The van der Waals surface area contributed by atoms with Crippen LogP contribution in [0.4, 0.5) is 0 Å². The maximum atomic E-state index is 11.7. The Morgan fingerprint density at radius 2 is 1.65 bits per heavy atom. The molecule has 0 bridgehead atoms. The predicted octanol–water partition coefficient (Wildman–Crippen LogP) is -1.58. The molecule has 0 saturated carbocycles. The van der Waals surface area contributed by atoms with E-state index in [0.29, 0.717) is 12.8 Å². The van der Waals surface area contributed by atoms with Crippen LogP contribution < -0.4 is 0 Å². The van der Waals surface area contributed by atoms with Crippen LogP contribution in [-0.2, 0) is 9.84 Å². The minimum absolute atomic E-state index is 0.00772. The second-order valence-corrected chi connectivity index (χ2v) is 6.95. The molecule has 1 aliphatic heterocycles. The highest BCUT2D eigenvalue weighted by Crippen LogP contribution is 2.25. The first-order valence-electron chi connectivity index (χ1n) is 5.71. The number of aliphatic hydroxyl groups is 4. The third kappa shape index (κ3) is 3.38. The molecule has 17 heavy (non-hydrogen) atoms. The van der Waals surface area contributed by atoms with Crippen LogP contribution in [0.1, 0.15) is 26.2 Å². The van der Waals surface area contributed by atoms with E-state index in [2.05, 4.69) is 0 Å². The van der Waals surface area contributed by atoms with E-state index in [9.17, 15) is 23.7 Å². The molecule has 5 atom stereocenters. The van der Waals surface area contributed by atoms with Gasteiger partial charge in [-0.1, -0.05) is 6.42 Å². The molecular weight excluding hydrogens is 248 g/mol. The van der Waals surface area contributed by atoms with Crippen LogP contribution in [0.25, 0.3) is 0 Å². The van der Waals surface area contributed by atoms with Crippen LogP contribution in [0.2, 0.25) is 0 Å². The Morgan fingerprint density at radius 3 is 2.12 bits per heavy atom. The molecule has 1 fully saturated rings. The molecule has 7 heteroatoms. The predicted molar refractivity (Wildman–Crippen MR) is 61.1 cm³/mol. The van der Waals surface area contributed by atoms with Crippen LogP contribution in [-0.4, -0.2) is 64.3 Å². The maximum Gasteiger partial charge on any atom is 0.155 e. The summed E-state index contributed by atoms with van der Waals surface area (Å²) in [6, 6.07) is 0. The molecule has 102 valence electrons. The summed E-state index contributed by atoms with van der Waals surface area (Å²) in [5.74, 6) is -0.00772. The van der Waals surface area contributed by atoms with Gasteiger partial charge in [0, 0.05) is 0 Å². The summed E-state index contributed by atoms with van der Waals surface area (Å²) in [4.78, 5) is 0. The zero-order valence-corrected chi connectivity index (χ0v) is 10.5. The van der Waals surface area contributed by atoms with Gasteiger partial charge in [0.05, 0.1) is 23.2 Å². The minimum atomic E-state index is -3.43. The van der Waals surface area contributed by atoms with Gasteiger partial charge in [0.25, 0.3) is 0 Å². The van der Waals surface area contributed by atoms with Crippen molar-refractivity contribution in [3.63, 3.8) is 0 Å². The summed E-state index contributed by atoms with van der Waals surface area (Å²) in [6.07, 6.45) is -4.52. The van der Waals surface area contributed by atoms with Crippen molar-refractivity contribution in [3.05, 3.63) is 0 Å². The second kappa shape index (κ2) is 5.62. The van der Waals surface area contributed by atoms with Crippen molar-refractivity contribution >= 4 is 9.84 Å². The fourth-order valence-electron chi connectivity index (χ4n) is 2.07. The van der Waals surface area contributed by atoms with Crippen LogP contribution in [0.15, 0.2) is 0 Å². The third-order valence-electron chi connectivity index (χ3n) is 3.20. The van der Waals surface area contributed by atoms with Crippen molar-refractivity contribution < 1.29 is 28.8 Å². The van der Waals surface area contributed by atoms with Gasteiger partial charge < -0.3 is 20.4 Å². The average Bonchev–Trinajstić information content (AvgIpc) is 2.25. The summed E-state index contributed by atoms with van der Waals surface area (Å²) in [6.45, 7) is 1.26. The number of rotatable bonds is 4. The van der Waals surface area contributed by atoms with Crippen LogP contribution in [0.5, 0.6) is 0 Å². The smallest absolute Gasteiger partial charge is 0.155 e. The van der Waals surface area contributed by atoms with Gasteiger partial charge in [0.2, 0.25) is 0 Å². The lowest BCUT2D eigenvalue weighted by molar-refractivity contribution is -0.101. The van der Waals surface area contributed by atoms with Crippen molar-refractivity contribution in [1.29, 1.82) is 0 Å². The molecule has 0 spiro atoms. The van der Waals surface area contributed by atoms with Gasteiger partial charge in [-0.2, -0.15) is 0 Å². The molecule has 0 aliphatic carbocycles. The van der Waals surface area contributed by atoms with E-state index in [1.165, 1.54) is 6.92 Å². The Hall–Kier alpha value is -0.210. The molecule has 0 aromatic heterocycles. The molecule has 1 aliphatic rings. The van der Waals surface area contributed by atoms with E-state index in [-0.39, 0.29) is 12.2 Å². The zero-order valence-electron chi connectivity index (χ0n) is 9.73. The van der Waals surface area contributed by atoms with E-state index >= 15 is 0 Å². The molecule has 1 heterocycles. The highest BCUT2D eigenvalue weighted by molar-refractivity contribution is 7.92. The fraction of sp³-hybridized carbons (Fsp3) is 1.00. The number of hydrogen-bond donors (Lipinski definition) is 4. The number of sulfone groups is 1. The minimum Gasteiger partial charge on any atom is -0.391 e. The first kappa shape index (κ1) is 14.8. The lowest BCUT2D eigenvalue weighted by Crippen LogP contribution is -2.51. The monoisotopic (exact) mass is 268 g/mol. The molecule has 1 saturated heterocycles. The highest BCUT2D eigenvalue weighted by atomic mass is 32.2. The van der Waals surface area contributed by atoms with Crippen molar-refractivity contribution in [3.8, 4) is 0 Å². The largest absolute Gasteiger partial charge is 0.391 e. The van der Waals surface area contributed by atoms with Gasteiger partial charge in [-0.25, -0.2) is 8.42 Å². The summed E-state index contributed by atoms with van der Waals surface area (Å²) in [5, 5.41) is 36.9. The van der Waals surface area contributed by atoms with E-state index in [0.717, 1.165) is 0 Å². The van der Waals surface area contributed by atoms with Crippen molar-refractivity contribution in [1.82, 2.24) is 0 Å². The van der Waals surface area contributed by atoms with E-state index < -0.39 is 39.5 Å². The van der Waals surface area contributed by atoms with Crippen LogP contribution >= 0.6 is 0 Å². The van der Waals surface area contributed by atoms with Crippen molar-refractivity contribution in [2.75, 3.05) is 5.75 Å². The summed E-state index contributed by atoms with van der Waals surface area (Å²) in [7, 11) is -3.43. The SMILES string of the molecule is C[C@H](O)[C@H](O)[C@@H](O)[C@@H](O)C1CCCCS1(=O)=O. The standard InChI is InChI=1S/C10H20O6S/c1-6(11)8(12)10(14)9(13)7-4-2-3-5-17(7,15)16/h6-14H,2-5H2,1H3/t6-,7?,8-,9-,10+/m0/s1. The normalized spacial score (nSPS) is 31.5. The van der Waals surface area contributed by atoms with Crippen molar-refractivity contribution in [2.24, 2.45) is 0 Å². The molecule has 1 unspecified atom stereocenters. The van der Waals surface area contributed by atoms with Crippen LogP contribution in [0, 0.1) is 0 Å². The summed E-state index contributed by atoms with van der Waals surface area (Å²) in [5.41, 5.74) is 0. The summed E-state index contributed by atoms with van der Waals surface area (Å²) < 4.78 is 23.4. The Morgan fingerprint density at radius 1 is 1.06 bits per heavy atom. The fourth-order valence-corrected chi connectivity index (χ4v) is 4.09. The number of aliphatic hydroxyl groups excluding tert-OH is 4. The Balaban J connectivity index is 2.78. The van der Waals surface area contributed by atoms with E-state index in [1.54, 1.807) is 0 Å². The maximum absolute atomic E-state index is 11.7. The lowest BCUT2D eigenvalue weighted by atomic mass is 9.98. The van der Waals surface area contributed by atoms with Crippen LogP contribution in [0.3, 0.4) is 0 Å². The zero-order chi connectivity index (χ0) is 13.2. The molecule has 0 aromatic carbocycles. The lowest BCUT2D eigenvalue weighted by Gasteiger charge is -2.32. The van der Waals surface area contributed by atoms with Gasteiger partial charge in [-0.3, -0.25) is 0 Å². The second-order valence-electron chi connectivity index (χ2n) is 4.61. The molecule has 1 rings (SSSR count). The van der Waals surface area contributed by atoms with Gasteiger partial charge in [0.15, 0.2) is 9.84 Å². The first-order chi connectivity index (χ1) is 7.77. The number of hydrogen-bond acceptors (Lipinski definition) is 6. The van der Waals surface area contributed by atoms with Crippen molar-refractivity contribution in [2.45, 2.75) is 55.9 Å². The molecular formula is C10H20O6S. The van der Waals surface area contributed by atoms with Gasteiger partial charge in [0.1, 0.15) is 12.2 Å². The molecule has 0 aromatic rings. The molecule has 6 nitrogen and oxygen atoms in total. The van der Waals surface area contributed by atoms with E-state index in [4.69, 9.17) is 5.11 Å². The first-order valence-corrected chi connectivity index (χ1v) is 7.42. The van der Waals surface area contributed by atoms with Gasteiger partial charge in [-0.15, -0.1) is 0 Å². The van der Waals surface area contributed by atoms with Gasteiger partial charge in [-0.05, 0) is 19.8 Å². The molecule has 4 N–H and O–H groups in total. The molecule has 0 amide bonds. The Labute approximate surface area is 101 Å². The highest BCUT2D eigenvalue weighted by Gasteiger charge is 2.41. The topological polar surface area (TPSA) is 115 Å². The third-order valence-corrected chi connectivity index (χ3v) is 5.50.